The topological polar surface area (TPSA) is 75.7 Å². The van der Waals surface area contributed by atoms with Crippen molar-refractivity contribution in [3.05, 3.63) is 29.6 Å². The predicted octanol–water partition coefficient (Wildman–Crippen LogP) is 1.26. The average Bonchev–Trinajstić information content (AvgIpc) is 2.41. The number of halogens is 3. The Hall–Kier alpha value is -1.81. The van der Waals surface area contributed by atoms with E-state index in [0.29, 0.717) is 10.4 Å². The Bertz CT molecular complexity index is 637. The summed E-state index contributed by atoms with van der Waals surface area (Å²) in [5.74, 6) is -4.73. The fourth-order valence-electron chi connectivity index (χ4n) is 1.29. The summed E-state index contributed by atoms with van der Waals surface area (Å²) < 4.78 is 69.6. The van der Waals surface area contributed by atoms with E-state index in [2.05, 4.69) is 4.74 Å². The molecule has 6 nitrogen and oxygen atoms in total. The summed E-state index contributed by atoms with van der Waals surface area (Å²) in [5, 5.41) is 0. The second-order valence-corrected chi connectivity index (χ2v) is 5.78. The Morgan fingerprint density at radius 2 is 1.81 bits per heavy atom. The molecule has 0 saturated carbocycles. The van der Waals surface area contributed by atoms with E-state index >= 15 is 0 Å². The van der Waals surface area contributed by atoms with Crippen LogP contribution in [0.15, 0.2) is 12.1 Å². The first kappa shape index (κ1) is 17.2. The summed E-state index contributed by atoms with van der Waals surface area (Å²) in [4.78, 5) is 10.9. The summed E-state index contributed by atoms with van der Waals surface area (Å²) in [6, 6.07) is 0.609. The Morgan fingerprint density at radius 3 is 2.38 bits per heavy atom. The minimum Gasteiger partial charge on any atom is -0.469 e. The fraction of sp³-hybridized carbons (Fsp3) is 0.364. The molecule has 0 amide bonds. The zero-order chi connectivity index (χ0) is 16.2. The monoisotopic (exact) mass is 326 g/mol. The van der Waals surface area contributed by atoms with Crippen molar-refractivity contribution < 1.29 is 31.1 Å². The van der Waals surface area contributed by atoms with Gasteiger partial charge in [0.1, 0.15) is 5.82 Å². The van der Waals surface area contributed by atoms with Crippen LogP contribution in [0.5, 0.6) is 0 Å². The van der Waals surface area contributed by atoms with Gasteiger partial charge >= 0.3 is 16.2 Å². The molecule has 0 aromatic heterocycles. The van der Waals surface area contributed by atoms with E-state index < -0.39 is 39.3 Å². The normalized spacial score (nSPS) is 11.5. The smallest absolute Gasteiger partial charge is 0.306 e. The number of nitrogens with one attached hydrogen (secondary N) is 1. The van der Waals surface area contributed by atoms with Gasteiger partial charge in [-0.05, 0) is 0 Å². The minimum atomic E-state index is -4.22. The molecule has 118 valence electrons. The van der Waals surface area contributed by atoms with E-state index in [1.165, 1.54) is 0 Å². The van der Waals surface area contributed by atoms with Gasteiger partial charge in [0.2, 0.25) is 0 Å². The molecule has 0 fully saturated rings. The van der Waals surface area contributed by atoms with E-state index in [0.717, 1.165) is 14.2 Å². The number of rotatable bonds is 6. The van der Waals surface area contributed by atoms with Crippen molar-refractivity contribution in [3.63, 3.8) is 0 Å². The molecule has 0 spiro atoms. The van der Waals surface area contributed by atoms with Crippen LogP contribution < -0.4 is 4.72 Å². The first-order valence-electron chi connectivity index (χ1n) is 5.63. The number of hydrogen-bond acceptors (Lipinski definition) is 4. The van der Waals surface area contributed by atoms with Crippen molar-refractivity contribution in [2.45, 2.75) is 6.42 Å². The quantitative estimate of drug-likeness (QED) is 0.631. The summed E-state index contributed by atoms with van der Waals surface area (Å²) in [7, 11) is -1.95. The third-order valence-corrected chi connectivity index (χ3v) is 4.00. The van der Waals surface area contributed by atoms with Crippen LogP contribution in [0, 0.1) is 17.5 Å². The van der Waals surface area contributed by atoms with Gasteiger partial charge in [-0.3, -0.25) is 9.52 Å². The number of ether oxygens (including phenoxy) is 1. The molecule has 1 N–H and O–H groups in total. The Balaban J connectivity index is 2.85. The first-order valence-corrected chi connectivity index (χ1v) is 7.07. The van der Waals surface area contributed by atoms with Gasteiger partial charge in [0, 0.05) is 25.7 Å². The molecule has 1 aromatic carbocycles. The third-order valence-electron chi connectivity index (χ3n) is 2.52. The zero-order valence-electron chi connectivity index (χ0n) is 11.2. The van der Waals surface area contributed by atoms with Crippen molar-refractivity contribution in [3.8, 4) is 0 Å². The maximum absolute atomic E-state index is 13.4. The lowest BCUT2D eigenvalue weighted by atomic mass is 10.3. The molecule has 0 saturated heterocycles. The second kappa shape index (κ2) is 6.76. The number of carbonyl (C=O) groups excluding carboxylic acids is 1. The van der Waals surface area contributed by atoms with Crippen molar-refractivity contribution >= 4 is 21.9 Å². The molecule has 0 bridgehead atoms. The Kier molecular flexibility index (Phi) is 5.55. The molecule has 0 aliphatic heterocycles. The molecular formula is C11H13F3N2O4S. The van der Waals surface area contributed by atoms with Gasteiger partial charge in [-0.15, -0.1) is 0 Å². The minimum absolute atomic E-state index is 0.214. The van der Waals surface area contributed by atoms with Crippen molar-refractivity contribution in [1.29, 1.82) is 0 Å². The number of nitrogens with zero attached hydrogens (tertiary/aromatic N) is 1. The number of esters is 1. The van der Waals surface area contributed by atoms with Crippen LogP contribution in [0.4, 0.5) is 18.9 Å². The van der Waals surface area contributed by atoms with E-state index in [1.807, 2.05) is 0 Å². The van der Waals surface area contributed by atoms with Gasteiger partial charge < -0.3 is 4.74 Å². The highest BCUT2D eigenvalue weighted by atomic mass is 32.2. The van der Waals surface area contributed by atoms with Crippen molar-refractivity contribution in [1.82, 2.24) is 4.31 Å². The summed E-state index contributed by atoms with van der Waals surface area (Å²) >= 11 is 0. The molecule has 21 heavy (non-hydrogen) atoms. The molecule has 0 radical (unpaired) electrons. The summed E-state index contributed by atoms with van der Waals surface area (Å²) in [5.41, 5.74) is -0.737. The van der Waals surface area contributed by atoms with Crippen LogP contribution in [0.25, 0.3) is 0 Å². The highest BCUT2D eigenvalue weighted by Gasteiger charge is 2.21. The molecule has 10 heteroatoms. The molecule has 1 rings (SSSR count). The number of anilines is 1. The fourth-order valence-corrected chi connectivity index (χ4v) is 2.21. The van der Waals surface area contributed by atoms with Crippen LogP contribution in [-0.4, -0.2) is 39.4 Å². The van der Waals surface area contributed by atoms with Gasteiger partial charge in [-0.2, -0.15) is 12.7 Å². The second-order valence-electron chi connectivity index (χ2n) is 4.00. The average molecular weight is 326 g/mol. The zero-order valence-corrected chi connectivity index (χ0v) is 12.0. The summed E-state index contributed by atoms with van der Waals surface area (Å²) in [6.07, 6.45) is -0.214. The maximum atomic E-state index is 13.4. The number of hydrogen-bond donors (Lipinski definition) is 1. The van der Waals surface area contributed by atoms with Crippen LogP contribution in [-0.2, 0) is 19.7 Å². The van der Waals surface area contributed by atoms with Gasteiger partial charge in [0.15, 0.2) is 11.6 Å². The predicted molar refractivity (Wildman–Crippen MR) is 68.1 cm³/mol. The van der Waals surface area contributed by atoms with E-state index in [1.54, 1.807) is 4.72 Å². The van der Waals surface area contributed by atoms with Gasteiger partial charge in [-0.25, -0.2) is 13.2 Å². The number of methoxy groups -OCH3 is 1. The number of carbonyl (C=O) groups is 1. The lowest BCUT2D eigenvalue weighted by Gasteiger charge is -2.18. The van der Waals surface area contributed by atoms with Gasteiger partial charge in [0.25, 0.3) is 0 Å². The first-order chi connectivity index (χ1) is 9.67. The van der Waals surface area contributed by atoms with Crippen LogP contribution in [0.1, 0.15) is 6.42 Å². The van der Waals surface area contributed by atoms with Crippen molar-refractivity contribution in [2.24, 2.45) is 0 Å². The van der Waals surface area contributed by atoms with E-state index in [-0.39, 0.29) is 19.0 Å². The molecule has 0 heterocycles. The van der Waals surface area contributed by atoms with Crippen LogP contribution in [0.3, 0.4) is 0 Å². The summed E-state index contributed by atoms with van der Waals surface area (Å²) in [6.45, 7) is -0.229. The SMILES string of the molecule is COC(=O)CCN(C)S(=O)(=O)Nc1cc(F)c(F)cc1F. The van der Waals surface area contributed by atoms with Crippen molar-refractivity contribution in [2.75, 3.05) is 25.4 Å². The van der Waals surface area contributed by atoms with Crippen LogP contribution in [0.2, 0.25) is 0 Å². The molecule has 1 aromatic rings. The lowest BCUT2D eigenvalue weighted by Crippen LogP contribution is -2.34. The maximum Gasteiger partial charge on any atom is 0.306 e. The molecule has 0 aliphatic carbocycles. The highest BCUT2D eigenvalue weighted by Crippen LogP contribution is 2.20. The Labute approximate surface area is 119 Å². The molecular weight excluding hydrogens is 313 g/mol. The standard InChI is InChI=1S/C11H13F3N2O4S/c1-16(4-3-11(17)20-2)21(18,19)15-10-6-8(13)7(12)5-9(10)14/h5-6,15H,3-4H2,1-2H3. The molecule has 0 unspecified atom stereocenters. The Morgan fingerprint density at radius 1 is 1.24 bits per heavy atom. The molecule has 0 aliphatic rings. The largest absolute Gasteiger partial charge is 0.469 e. The van der Waals surface area contributed by atoms with E-state index in [9.17, 15) is 26.4 Å². The van der Waals surface area contributed by atoms with Gasteiger partial charge in [0.05, 0.1) is 19.2 Å². The number of benzene rings is 1. The molecule has 0 atom stereocenters. The van der Waals surface area contributed by atoms with Crippen LogP contribution >= 0.6 is 0 Å². The van der Waals surface area contributed by atoms with Gasteiger partial charge in [-0.1, -0.05) is 0 Å². The third kappa shape index (κ3) is 4.60. The lowest BCUT2D eigenvalue weighted by molar-refractivity contribution is -0.140. The van der Waals surface area contributed by atoms with E-state index in [4.69, 9.17) is 0 Å². The highest BCUT2D eigenvalue weighted by molar-refractivity contribution is 7.90.